The van der Waals surface area contributed by atoms with Gasteiger partial charge in [-0.25, -0.2) is 13.1 Å². The molecule has 5 heteroatoms. The zero-order valence-electron chi connectivity index (χ0n) is 11.7. The van der Waals surface area contributed by atoms with Crippen molar-refractivity contribution < 1.29 is 13.5 Å². The molecule has 0 atom stereocenters. The summed E-state index contributed by atoms with van der Waals surface area (Å²) in [5.74, 6) is 1.08. The molecular weight excluding hydrogens is 262 g/mol. The van der Waals surface area contributed by atoms with Crippen molar-refractivity contribution in [2.45, 2.75) is 63.9 Å². The average Bonchev–Trinajstić information content (AvgIpc) is 2.39. The number of hydrogen-bond acceptors (Lipinski definition) is 3. The summed E-state index contributed by atoms with van der Waals surface area (Å²) in [5, 5.41) is 9.43. The molecule has 2 saturated carbocycles. The van der Waals surface area contributed by atoms with E-state index in [1.165, 1.54) is 19.3 Å². The monoisotopic (exact) mass is 289 g/mol. The average molecular weight is 289 g/mol. The first-order valence-electron chi connectivity index (χ1n) is 7.70. The van der Waals surface area contributed by atoms with Gasteiger partial charge in [-0.2, -0.15) is 0 Å². The summed E-state index contributed by atoms with van der Waals surface area (Å²) in [7, 11) is -3.11. The lowest BCUT2D eigenvalue weighted by atomic mass is 9.88. The first kappa shape index (κ1) is 15.3. The lowest BCUT2D eigenvalue weighted by Gasteiger charge is -2.26. The SMILES string of the molecule is O=S(=O)(CC1CCCCC1)NCC1CCC(O)CC1. The maximum Gasteiger partial charge on any atom is 0.211 e. The molecule has 0 spiro atoms. The maximum atomic E-state index is 12.0. The van der Waals surface area contributed by atoms with Gasteiger partial charge in [-0.05, 0) is 50.4 Å². The van der Waals surface area contributed by atoms with E-state index in [9.17, 15) is 13.5 Å². The van der Waals surface area contributed by atoms with Gasteiger partial charge in [0.05, 0.1) is 11.9 Å². The van der Waals surface area contributed by atoms with Crippen LogP contribution in [0.15, 0.2) is 0 Å². The zero-order valence-corrected chi connectivity index (χ0v) is 12.5. The van der Waals surface area contributed by atoms with E-state index in [-0.39, 0.29) is 6.10 Å². The molecule has 0 aliphatic heterocycles. The first-order chi connectivity index (χ1) is 9.05. The molecule has 2 aliphatic rings. The Labute approximate surface area is 117 Å². The molecule has 0 radical (unpaired) electrons. The number of hydrogen-bond donors (Lipinski definition) is 2. The Morgan fingerprint density at radius 1 is 0.895 bits per heavy atom. The second kappa shape index (κ2) is 7.04. The van der Waals surface area contributed by atoms with Crippen LogP contribution in [0.2, 0.25) is 0 Å². The lowest BCUT2D eigenvalue weighted by Crippen LogP contribution is -2.35. The summed E-state index contributed by atoms with van der Waals surface area (Å²) in [5.41, 5.74) is 0. The van der Waals surface area contributed by atoms with Crippen LogP contribution in [-0.4, -0.2) is 31.9 Å². The van der Waals surface area contributed by atoms with E-state index in [1.807, 2.05) is 0 Å². The molecule has 2 N–H and O–H groups in total. The highest BCUT2D eigenvalue weighted by Gasteiger charge is 2.24. The molecule has 0 aromatic heterocycles. The van der Waals surface area contributed by atoms with E-state index in [0.717, 1.165) is 38.5 Å². The third-order valence-electron chi connectivity index (χ3n) is 4.59. The Balaban J connectivity index is 1.71. The first-order valence-corrected chi connectivity index (χ1v) is 9.36. The van der Waals surface area contributed by atoms with Gasteiger partial charge in [0.15, 0.2) is 0 Å². The van der Waals surface area contributed by atoms with Crippen LogP contribution in [0, 0.1) is 11.8 Å². The van der Waals surface area contributed by atoms with Crippen LogP contribution in [0.1, 0.15) is 57.8 Å². The molecule has 0 unspecified atom stereocenters. The quantitative estimate of drug-likeness (QED) is 0.814. The highest BCUT2D eigenvalue weighted by atomic mass is 32.2. The zero-order chi connectivity index (χ0) is 13.7. The normalized spacial score (nSPS) is 30.4. The van der Waals surface area contributed by atoms with Crippen molar-refractivity contribution in [1.82, 2.24) is 4.72 Å². The van der Waals surface area contributed by atoms with Crippen LogP contribution in [0.3, 0.4) is 0 Å². The Morgan fingerprint density at radius 2 is 1.53 bits per heavy atom. The molecule has 19 heavy (non-hydrogen) atoms. The van der Waals surface area contributed by atoms with Crippen molar-refractivity contribution in [3.05, 3.63) is 0 Å². The van der Waals surface area contributed by atoms with Crippen molar-refractivity contribution in [2.75, 3.05) is 12.3 Å². The summed E-state index contributed by atoms with van der Waals surface area (Å²) < 4.78 is 26.9. The maximum absolute atomic E-state index is 12.0. The van der Waals surface area contributed by atoms with Gasteiger partial charge < -0.3 is 5.11 Å². The van der Waals surface area contributed by atoms with E-state index in [1.54, 1.807) is 0 Å². The highest BCUT2D eigenvalue weighted by Crippen LogP contribution is 2.26. The van der Waals surface area contributed by atoms with E-state index in [4.69, 9.17) is 0 Å². The number of aliphatic hydroxyl groups excluding tert-OH is 1. The molecule has 0 aromatic carbocycles. The number of rotatable bonds is 5. The Bertz CT molecular complexity index is 355. The smallest absolute Gasteiger partial charge is 0.211 e. The van der Waals surface area contributed by atoms with Gasteiger partial charge in [-0.15, -0.1) is 0 Å². The van der Waals surface area contributed by atoms with Gasteiger partial charge in [0.2, 0.25) is 10.0 Å². The Hall–Kier alpha value is -0.130. The molecule has 2 rings (SSSR count). The van der Waals surface area contributed by atoms with Crippen LogP contribution >= 0.6 is 0 Å². The molecule has 2 aliphatic carbocycles. The molecule has 0 amide bonds. The van der Waals surface area contributed by atoms with Gasteiger partial charge in [0, 0.05) is 6.54 Å². The molecule has 0 aromatic rings. The standard InChI is InChI=1S/C14H27NO3S/c16-14-8-6-12(7-9-14)10-15-19(17,18)11-13-4-2-1-3-5-13/h12-16H,1-11H2. The highest BCUT2D eigenvalue weighted by molar-refractivity contribution is 7.89. The van der Waals surface area contributed by atoms with Crippen molar-refractivity contribution in [2.24, 2.45) is 11.8 Å². The largest absolute Gasteiger partial charge is 0.393 e. The fourth-order valence-corrected chi connectivity index (χ4v) is 4.88. The van der Waals surface area contributed by atoms with Crippen molar-refractivity contribution in [3.63, 3.8) is 0 Å². The van der Waals surface area contributed by atoms with Crippen LogP contribution in [0.25, 0.3) is 0 Å². The fraction of sp³-hybridized carbons (Fsp3) is 1.00. The number of aliphatic hydroxyl groups is 1. The van der Waals surface area contributed by atoms with E-state index >= 15 is 0 Å². The van der Waals surface area contributed by atoms with E-state index < -0.39 is 10.0 Å². The van der Waals surface area contributed by atoms with Crippen LogP contribution < -0.4 is 4.72 Å². The van der Waals surface area contributed by atoms with Gasteiger partial charge in [-0.1, -0.05) is 19.3 Å². The molecule has 2 fully saturated rings. The summed E-state index contributed by atoms with van der Waals surface area (Å²) >= 11 is 0. The van der Waals surface area contributed by atoms with E-state index in [2.05, 4.69) is 4.72 Å². The predicted molar refractivity (Wildman–Crippen MR) is 76.3 cm³/mol. The fourth-order valence-electron chi connectivity index (χ4n) is 3.32. The molecule has 112 valence electrons. The Morgan fingerprint density at radius 3 is 2.16 bits per heavy atom. The van der Waals surface area contributed by atoms with Gasteiger partial charge in [0.25, 0.3) is 0 Å². The molecule has 4 nitrogen and oxygen atoms in total. The van der Waals surface area contributed by atoms with Crippen LogP contribution in [0.4, 0.5) is 0 Å². The minimum Gasteiger partial charge on any atom is -0.393 e. The van der Waals surface area contributed by atoms with Gasteiger partial charge in [-0.3, -0.25) is 0 Å². The lowest BCUT2D eigenvalue weighted by molar-refractivity contribution is 0.109. The molecule has 0 saturated heterocycles. The van der Waals surface area contributed by atoms with Gasteiger partial charge >= 0.3 is 0 Å². The Kier molecular flexibility index (Phi) is 5.66. The van der Waals surface area contributed by atoms with E-state index in [0.29, 0.717) is 24.1 Å². The minimum atomic E-state index is -3.11. The van der Waals surface area contributed by atoms with Crippen molar-refractivity contribution in [1.29, 1.82) is 0 Å². The predicted octanol–water partition coefficient (Wildman–Crippen LogP) is 2.04. The van der Waals surface area contributed by atoms with Crippen molar-refractivity contribution in [3.8, 4) is 0 Å². The topological polar surface area (TPSA) is 66.4 Å². The molecular formula is C14H27NO3S. The summed E-state index contributed by atoms with van der Waals surface area (Å²) in [4.78, 5) is 0. The molecule has 0 heterocycles. The summed E-state index contributed by atoms with van der Waals surface area (Å²) in [6, 6.07) is 0. The second-order valence-corrected chi connectivity index (χ2v) is 8.16. The summed E-state index contributed by atoms with van der Waals surface area (Å²) in [6.07, 6.45) is 9.09. The number of sulfonamides is 1. The van der Waals surface area contributed by atoms with Crippen LogP contribution in [0.5, 0.6) is 0 Å². The van der Waals surface area contributed by atoms with Gasteiger partial charge in [0.1, 0.15) is 0 Å². The van der Waals surface area contributed by atoms with Crippen LogP contribution in [-0.2, 0) is 10.0 Å². The third-order valence-corrected chi connectivity index (χ3v) is 6.10. The summed E-state index contributed by atoms with van der Waals surface area (Å²) in [6.45, 7) is 0.557. The molecule has 0 bridgehead atoms. The third kappa shape index (κ3) is 5.40. The minimum absolute atomic E-state index is 0.171. The second-order valence-electron chi connectivity index (χ2n) is 6.31. The number of nitrogens with one attached hydrogen (secondary N) is 1. The van der Waals surface area contributed by atoms with Crippen molar-refractivity contribution >= 4 is 10.0 Å².